The van der Waals surface area contributed by atoms with Gasteiger partial charge in [0.2, 0.25) is 5.91 Å². The van der Waals surface area contributed by atoms with Crippen molar-refractivity contribution in [1.29, 1.82) is 0 Å². The molecule has 2 aromatic rings. The van der Waals surface area contributed by atoms with Gasteiger partial charge in [-0.15, -0.1) is 0 Å². The third-order valence-electron chi connectivity index (χ3n) is 3.25. The van der Waals surface area contributed by atoms with E-state index in [1.807, 2.05) is 24.3 Å². The topological polar surface area (TPSA) is 49.3 Å². The van der Waals surface area contributed by atoms with Gasteiger partial charge in [-0.2, -0.15) is 0 Å². The maximum atomic E-state index is 11.9. The smallest absolute Gasteiger partial charge is 0.224 e. The maximum absolute atomic E-state index is 11.9. The van der Waals surface area contributed by atoms with Gasteiger partial charge in [-0.25, -0.2) is 0 Å². The fourth-order valence-corrected chi connectivity index (χ4v) is 2.18. The molecule has 0 saturated heterocycles. The second kappa shape index (κ2) is 6.75. The van der Waals surface area contributed by atoms with Gasteiger partial charge in [-0.05, 0) is 35.2 Å². The van der Waals surface area contributed by atoms with E-state index in [1.54, 1.807) is 18.2 Å². The Hall–Kier alpha value is -2.29. The summed E-state index contributed by atoms with van der Waals surface area (Å²) < 4.78 is 0. The quantitative estimate of drug-likeness (QED) is 0.877. The molecule has 3 nitrogen and oxygen atoms in total. The maximum Gasteiger partial charge on any atom is 0.224 e. The molecule has 0 heterocycles. The predicted octanol–water partition coefficient (Wildman–Crippen LogP) is 2.81. The first kappa shape index (κ1) is 14.1. The van der Waals surface area contributed by atoms with Gasteiger partial charge in [-0.3, -0.25) is 4.79 Å². The van der Waals surface area contributed by atoms with E-state index in [4.69, 9.17) is 0 Å². The van der Waals surface area contributed by atoms with E-state index in [9.17, 15) is 9.90 Å². The molecule has 0 atom stereocenters. The average molecular weight is 269 g/mol. The van der Waals surface area contributed by atoms with E-state index in [1.165, 1.54) is 5.56 Å². The van der Waals surface area contributed by atoms with Crippen LogP contribution < -0.4 is 5.32 Å². The number of aryl methyl sites for hydroxylation is 1. The number of phenols is 1. The molecule has 20 heavy (non-hydrogen) atoms. The lowest BCUT2D eigenvalue weighted by molar-refractivity contribution is -0.120. The Balaban J connectivity index is 1.92. The monoisotopic (exact) mass is 269 g/mol. The average Bonchev–Trinajstić information content (AvgIpc) is 2.45. The molecule has 0 fully saturated rings. The second-order valence-electron chi connectivity index (χ2n) is 4.75. The summed E-state index contributed by atoms with van der Waals surface area (Å²) in [4.78, 5) is 11.9. The van der Waals surface area contributed by atoms with Crippen molar-refractivity contribution < 1.29 is 9.90 Å². The third kappa shape index (κ3) is 3.85. The zero-order valence-electron chi connectivity index (χ0n) is 11.6. The highest BCUT2D eigenvalue weighted by Crippen LogP contribution is 2.12. The molecule has 0 spiro atoms. The van der Waals surface area contributed by atoms with Crippen LogP contribution in [0.1, 0.15) is 23.6 Å². The van der Waals surface area contributed by atoms with Crippen LogP contribution in [-0.2, 0) is 24.2 Å². The first-order valence-electron chi connectivity index (χ1n) is 6.80. The number of benzene rings is 2. The number of phenolic OH excluding ortho intramolecular Hbond substituents is 1. The van der Waals surface area contributed by atoms with Crippen LogP contribution >= 0.6 is 0 Å². The van der Waals surface area contributed by atoms with E-state index >= 15 is 0 Å². The Bertz CT molecular complexity index is 593. The Morgan fingerprint density at radius 3 is 2.55 bits per heavy atom. The van der Waals surface area contributed by atoms with Crippen LogP contribution in [-0.4, -0.2) is 11.0 Å². The highest BCUT2D eigenvalue weighted by atomic mass is 16.3. The number of carbonyl (C=O) groups is 1. The minimum absolute atomic E-state index is 0.0403. The molecular weight excluding hydrogens is 250 g/mol. The van der Waals surface area contributed by atoms with Gasteiger partial charge in [0.25, 0.3) is 0 Å². The summed E-state index contributed by atoms with van der Waals surface area (Å²) >= 11 is 0. The molecule has 0 radical (unpaired) electrons. The van der Waals surface area contributed by atoms with Gasteiger partial charge in [-0.1, -0.05) is 43.3 Å². The first-order chi connectivity index (χ1) is 9.69. The van der Waals surface area contributed by atoms with Crippen LogP contribution in [0.15, 0.2) is 48.5 Å². The lowest BCUT2D eigenvalue weighted by Crippen LogP contribution is -2.25. The number of hydrogen-bond acceptors (Lipinski definition) is 2. The number of nitrogens with one attached hydrogen (secondary N) is 1. The van der Waals surface area contributed by atoms with Crippen molar-refractivity contribution in [2.24, 2.45) is 0 Å². The summed E-state index contributed by atoms with van der Waals surface area (Å²) in [5, 5.41) is 12.3. The van der Waals surface area contributed by atoms with Crippen molar-refractivity contribution in [3.8, 4) is 5.75 Å². The zero-order valence-corrected chi connectivity index (χ0v) is 11.6. The lowest BCUT2D eigenvalue weighted by Gasteiger charge is -2.09. The number of carbonyl (C=O) groups excluding carboxylic acids is 1. The fourth-order valence-electron chi connectivity index (χ4n) is 2.18. The largest absolute Gasteiger partial charge is 0.508 e. The Morgan fingerprint density at radius 2 is 1.85 bits per heavy atom. The van der Waals surface area contributed by atoms with Crippen LogP contribution in [0.25, 0.3) is 0 Å². The van der Waals surface area contributed by atoms with E-state index < -0.39 is 0 Å². The van der Waals surface area contributed by atoms with Crippen molar-refractivity contribution >= 4 is 5.91 Å². The molecule has 0 aliphatic rings. The molecule has 0 aliphatic carbocycles. The Morgan fingerprint density at radius 1 is 1.10 bits per heavy atom. The summed E-state index contributed by atoms with van der Waals surface area (Å²) in [6.45, 7) is 2.65. The van der Waals surface area contributed by atoms with Gasteiger partial charge in [0.15, 0.2) is 0 Å². The molecule has 2 N–H and O–H groups in total. The van der Waals surface area contributed by atoms with Crippen molar-refractivity contribution in [3.05, 3.63) is 65.2 Å². The standard InChI is InChI=1S/C17H19NO2/c1-2-14-7-3-4-8-15(14)12-18-17(20)11-13-6-5-9-16(19)10-13/h3-10,19H,2,11-12H2,1H3,(H,18,20). The van der Waals surface area contributed by atoms with Gasteiger partial charge in [0, 0.05) is 6.54 Å². The molecule has 1 amide bonds. The van der Waals surface area contributed by atoms with Crippen LogP contribution in [0.4, 0.5) is 0 Å². The summed E-state index contributed by atoms with van der Waals surface area (Å²) in [7, 11) is 0. The minimum Gasteiger partial charge on any atom is -0.508 e. The van der Waals surface area contributed by atoms with Crippen LogP contribution in [0.3, 0.4) is 0 Å². The molecule has 2 aromatic carbocycles. The van der Waals surface area contributed by atoms with Crippen LogP contribution in [0.5, 0.6) is 5.75 Å². The third-order valence-corrected chi connectivity index (χ3v) is 3.25. The molecule has 3 heteroatoms. The first-order valence-corrected chi connectivity index (χ1v) is 6.80. The summed E-state index contributed by atoms with van der Waals surface area (Å²) in [6, 6.07) is 14.9. The number of aromatic hydroxyl groups is 1. The SMILES string of the molecule is CCc1ccccc1CNC(=O)Cc1cccc(O)c1. The highest BCUT2D eigenvalue weighted by Gasteiger charge is 2.05. The normalized spacial score (nSPS) is 10.2. The van der Waals surface area contributed by atoms with Gasteiger partial charge in [0.05, 0.1) is 6.42 Å². The van der Waals surface area contributed by atoms with Gasteiger partial charge in [0.1, 0.15) is 5.75 Å². The van der Waals surface area contributed by atoms with Crippen molar-refractivity contribution in [3.63, 3.8) is 0 Å². The summed E-state index contributed by atoms with van der Waals surface area (Å²) in [5.41, 5.74) is 3.22. The van der Waals surface area contributed by atoms with Crippen LogP contribution in [0, 0.1) is 0 Å². The fraction of sp³-hybridized carbons (Fsp3) is 0.235. The Kier molecular flexibility index (Phi) is 4.77. The van der Waals surface area contributed by atoms with E-state index in [-0.39, 0.29) is 18.1 Å². The van der Waals surface area contributed by atoms with Crippen molar-refractivity contribution in [1.82, 2.24) is 5.32 Å². The molecular formula is C17H19NO2. The van der Waals surface area contributed by atoms with E-state index in [2.05, 4.69) is 18.3 Å². The molecule has 0 aromatic heterocycles. The Labute approximate surface area is 119 Å². The lowest BCUT2D eigenvalue weighted by atomic mass is 10.1. The second-order valence-corrected chi connectivity index (χ2v) is 4.75. The van der Waals surface area contributed by atoms with E-state index in [0.717, 1.165) is 17.5 Å². The number of rotatable bonds is 5. The molecule has 0 saturated carbocycles. The summed E-state index contributed by atoms with van der Waals surface area (Å²) in [5.74, 6) is 0.146. The van der Waals surface area contributed by atoms with Crippen molar-refractivity contribution in [2.75, 3.05) is 0 Å². The van der Waals surface area contributed by atoms with E-state index in [0.29, 0.717) is 6.54 Å². The summed E-state index contributed by atoms with van der Waals surface area (Å²) in [6.07, 6.45) is 1.24. The predicted molar refractivity (Wildman–Crippen MR) is 79.5 cm³/mol. The van der Waals surface area contributed by atoms with Crippen molar-refractivity contribution in [2.45, 2.75) is 26.3 Å². The minimum atomic E-state index is -0.0403. The molecule has 0 aliphatic heterocycles. The van der Waals surface area contributed by atoms with Gasteiger partial charge < -0.3 is 10.4 Å². The number of amides is 1. The van der Waals surface area contributed by atoms with Gasteiger partial charge >= 0.3 is 0 Å². The molecule has 2 rings (SSSR count). The molecule has 0 bridgehead atoms. The molecule has 104 valence electrons. The number of hydrogen-bond donors (Lipinski definition) is 2. The van der Waals surface area contributed by atoms with Crippen LogP contribution in [0.2, 0.25) is 0 Å². The molecule has 0 unspecified atom stereocenters. The highest BCUT2D eigenvalue weighted by molar-refractivity contribution is 5.78. The zero-order chi connectivity index (χ0) is 14.4.